The maximum Gasteiger partial charge on any atom is 0.269 e. The van der Waals surface area contributed by atoms with Crippen molar-refractivity contribution in [2.45, 2.75) is 87.5 Å². The van der Waals surface area contributed by atoms with Gasteiger partial charge in [-0.05, 0) is 42.4 Å². The second-order valence-electron chi connectivity index (χ2n) is 15.0. The summed E-state index contributed by atoms with van der Waals surface area (Å²) in [4.78, 5) is 55.7. The van der Waals surface area contributed by atoms with Gasteiger partial charge in [-0.25, -0.2) is 0 Å². The molecule has 0 aromatic heterocycles. The van der Waals surface area contributed by atoms with E-state index in [0.29, 0.717) is 11.3 Å². The van der Waals surface area contributed by atoms with Crippen molar-refractivity contribution in [3.63, 3.8) is 0 Å². The first kappa shape index (κ1) is 41.0. The molecule has 3 aliphatic heterocycles. The van der Waals surface area contributed by atoms with E-state index in [2.05, 4.69) is 5.32 Å². The molecule has 3 aromatic rings. The summed E-state index contributed by atoms with van der Waals surface area (Å²) in [6, 6.07) is 19.3. The van der Waals surface area contributed by atoms with Gasteiger partial charge in [0.2, 0.25) is 14.3 Å². The number of nitrogens with zero attached hydrogens (tertiary/aromatic N) is 3. The summed E-state index contributed by atoms with van der Waals surface area (Å²) in [7, 11) is -3.72. The van der Waals surface area contributed by atoms with Gasteiger partial charge in [0.1, 0.15) is 18.3 Å². The molecule has 6 N–H and O–H groups in total. The van der Waals surface area contributed by atoms with E-state index in [9.17, 15) is 50.0 Å². The van der Waals surface area contributed by atoms with Gasteiger partial charge in [0.05, 0.1) is 36.3 Å². The van der Waals surface area contributed by atoms with Gasteiger partial charge < -0.3 is 54.2 Å². The van der Waals surface area contributed by atoms with Crippen LogP contribution in [-0.2, 0) is 42.5 Å². The number of carbonyl (C=O) groups is 3. The zero-order chi connectivity index (χ0) is 40.7. The number of aliphatic hydroxyl groups is 5. The highest BCUT2D eigenvalue weighted by atomic mass is 28.4. The molecule has 18 heteroatoms. The molecule has 0 radical (unpaired) electrons. The zero-order valence-corrected chi connectivity index (χ0v) is 31.9. The van der Waals surface area contributed by atoms with Crippen molar-refractivity contribution in [1.29, 1.82) is 0 Å². The highest BCUT2D eigenvalue weighted by Crippen LogP contribution is 2.60. The van der Waals surface area contributed by atoms with Gasteiger partial charge >= 0.3 is 0 Å². The molecule has 0 unspecified atom stereocenters. The molecule has 16 nitrogen and oxygen atoms in total. The first-order chi connectivity index (χ1) is 26.5. The second-order valence-corrected chi connectivity index (χ2v) is 18.8. The Bertz CT molecular complexity index is 1950. The van der Waals surface area contributed by atoms with Crippen LogP contribution >= 0.6 is 0 Å². The average molecular weight is 797 g/mol. The molecule has 0 bridgehead atoms. The van der Waals surface area contributed by atoms with E-state index < -0.39 is 84.9 Å². The number of ether oxygens (including phenoxy) is 2. The van der Waals surface area contributed by atoms with Crippen LogP contribution in [0.3, 0.4) is 0 Å². The van der Waals surface area contributed by atoms with Crippen molar-refractivity contribution >= 4 is 43.2 Å². The third-order valence-corrected chi connectivity index (χ3v) is 13.3. The minimum Gasteiger partial charge on any atom is -0.395 e. The van der Waals surface area contributed by atoms with Gasteiger partial charge in [-0.1, -0.05) is 49.4 Å². The Balaban J connectivity index is 1.27. The number of halogens is 1. The lowest BCUT2D eigenvalue weighted by atomic mass is 9.82. The Labute approximate surface area is 322 Å². The number of rotatable bonds is 12. The Morgan fingerprint density at radius 3 is 2.30 bits per heavy atom. The molecule has 300 valence electrons. The van der Waals surface area contributed by atoms with Gasteiger partial charge in [0.15, 0.2) is 18.0 Å². The summed E-state index contributed by atoms with van der Waals surface area (Å²) in [5, 5.41) is 64.0. The van der Waals surface area contributed by atoms with Crippen molar-refractivity contribution in [3.05, 3.63) is 99.6 Å². The molecule has 6 rings (SSSR count). The lowest BCUT2D eigenvalue weighted by Crippen LogP contribution is -2.60. The molecule has 3 heterocycles. The van der Waals surface area contributed by atoms with Crippen molar-refractivity contribution in [2.75, 3.05) is 23.4 Å². The third-order valence-electron chi connectivity index (χ3n) is 10.9. The minimum atomic E-state index is -3.72. The lowest BCUT2D eigenvalue weighted by molar-refractivity contribution is -0.385. The van der Waals surface area contributed by atoms with Crippen LogP contribution in [-0.4, -0.2) is 111 Å². The van der Waals surface area contributed by atoms with Gasteiger partial charge in [0.25, 0.3) is 17.5 Å². The molecular formula is C38H45FN4O12Si. The topological polar surface area (TPSA) is 232 Å². The molecular weight excluding hydrogens is 752 g/mol. The van der Waals surface area contributed by atoms with E-state index in [4.69, 9.17) is 9.47 Å². The summed E-state index contributed by atoms with van der Waals surface area (Å²) in [6.45, 7) is 4.44. The number of hydrogen-bond donors (Lipinski definition) is 6. The van der Waals surface area contributed by atoms with Crippen LogP contribution in [0.4, 0.5) is 21.2 Å². The number of non-ortho nitro benzene ring substituents is 1. The van der Waals surface area contributed by atoms with E-state index in [0.717, 1.165) is 5.56 Å². The zero-order valence-electron chi connectivity index (χ0n) is 30.9. The molecule has 2 fully saturated rings. The Morgan fingerprint density at radius 1 is 1.00 bits per heavy atom. The normalized spacial score (nSPS) is 28.7. The number of nitro benzene ring substituents is 1. The number of benzene rings is 3. The van der Waals surface area contributed by atoms with E-state index >= 15 is 4.11 Å². The number of nitrogens with one attached hydrogen (secondary N) is 1. The lowest BCUT2D eigenvalue weighted by Gasteiger charge is -2.37. The van der Waals surface area contributed by atoms with Gasteiger partial charge in [-0.3, -0.25) is 24.5 Å². The Hall–Kier alpha value is -4.66. The Morgan fingerprint density at radius 2 is 1.68 bits per heavy atom. The van der Waals surface area contributed by atoms with Crippen molar-refractivity contribution in [1.82, 2.24) is 4.90 Å². The number of nitro groups is 1. The van der Waals surface area contributed by atoms with E-state index in [1.165, 1.54) is 53.2 Å². The van der Waals surface area contributed by atoms with Crippen LogP contribution in [0.2, 0.25) is 18.6 Å². The largest absolute Gasteiger partial charge is 0.395 e. The van der Waals surface area contributed by atoms with Gasteiger partial charge in [0, 0.05) is 47.9 Å². The summed E-state index contributed by atoms with van der Waals surface area (Å²) < 4.78 is 28.1. The number of fused-ring (bicyclic) bond motifs is 2. The van der Waals surface area contributed by atoms with Gasteiger partial charge in [-0.15, -0.1) is 0 Å². The smallest absolute Gasteiger partial charge is 0.269 e. The van der Waals surface area contributed by atoms with Crippen molar-refractivity contribution < 1.29 is 58.4 Å². The predicted octanol–water partition coefficient (Wildman–Crippen LogP) is 2.07. The number of carbonyl (C=O) groups excluding carboxylic acids is 3. The first-order valence-electron chi connectivity index (χ1n) is 18.2. The molecule has 3 amide bonds. The van der Waals surface area contributed by atoms with E-state index in [-0.39, 0.29) is 49.6 Å². The first-order valence-corrected chi connectivity index (χ1v) is 21.1. The standard InChI is InChI=1S/C38H45FN4O12Si/c1-21-34(56(2,3)39)28(18-29(45)41(15-16-44)19-22-7-5-4-6-8-22)55-38(21)26-17-25(43(52)53)13-14-27(26)42(37(38)51)20-23-9-11-24(12-10-23)40-35(49)33-31(47)30(46)32(48)36(50)54-33/h4-14,17,21,28,30-34,36,44,46-48,50H,15-16,18-20H2,1-3H3,(H,40,49)/t21-,28+,30-,31-,32+,33-,34-,36+,38+/m0/s1. The van der Waals surface area contributed by atoms with Crippen LogP contribution in [0.15, 0.2) is 72.8 Å². The van der Waals surface area contributed by atoms with E-state index in [1.807, 2.05) is 30.3 Å². The number of hydrogen-bond acceptors (Lipinski definition) is 12. The number of aliphatic hydroxyl groups excluding tert-OH is 5. The predicted molar refractivity (Wildman–Crippen MR) is 200 cm³/mol. The quantitative estimate of drug-likeness (QED) is 0.0670. The highest BCUT2D eigenvalue weighted by molar-refractivity contribution is 6.72. The molecule has 9 atom stereocenters. The van der Waals surface area contributed by atoms with Crippen LogP contribution in [0.25, 0.3) is 0 Å². The molecule has 3 aliphatic rings. The SMILES string of the molecule is C[C@H]1[C@H]([Si](C)(C)F)[C@@H](CC(=O)N(CCO)Cc2ccccc2)O[C@]12C(=O)N(Cc1ccc(NC(=O)[C@H]3O[C@@H](O)[C@H](O)[C@@H](O)[C@@H]3O)cc1)c1ccc([N+](=O)[O-])cc12. The summed E-state index contributed by atoms with van der Waals surface area (Å²) in [5.74, 6) is -2.76. The highest BCUT2D eigenvalue weighted by Gasteiger charge is 2.67. The van der Waals surface area contributed by atoms with Crippen LogP contribution < -0.4 is 10.2 Å². The van der Waals surface area contributed by atoms with Crippen molar-refractivity contribution in [3.8, 4) is 0 Å². The van der Waals surface area contributed by atoms with Crippen molar-refractivity contribution in [2.24, 2.45) is 5.92 Å². The maximum absolute atomic E-state index is 16.4. The molecule has 1 spiro atoms. The Kier molecular flexibility index (Phi) is 11.8. The van der Waals surface area contributed by atoms with Crippen LogP contribution in [0, 0.1) is 16.0 Å². The summed E-state index contributed by atoms with van der Waals surface area (Å²) in [5.41, 5.74) is -0.965. The van der Waals surface area contributed by atoms with Gasteiger partial charge in [-0.2, -0.15) is 0 Å². The third kappa shape index (κ3) is 7.70. The molecule has 56 heavy (non-hydrogen) atoms. The maximum atomic E-state index is 16.4. The summed E-state index contributed by atoms with van der Waals surface area (Å²) in [6.07, 6.45) is -10.4. The fourth-order valence-corrected chi connectivity index (χ4v) is 10.7. The van der Waals surface area contributed by atoms with E-state index in [1.54, 1.807) is 19.1 Å². The minimum absolute atomic E-state index is 0.0131. The monoisotopic (exact) mass is 796 g/mol. The molecule has 3 aromatic carbocycles. The number of anilines is 2. The van der Waals surface area contributed by atoms with Crippen LogP contribution in [0.5, 0.6) is 0 Å². The summed E-state index contributed by atoms with van der Waals surface area (Å²) >= 11 is 0. The second kappa shape index (κ2) is 16.1. The fraction of sp³-hybridized carbons (Fsp3) is 0.447. The fourth-order valence-electron chi connectivity index (χ4n) is 8.19. The van der Waals surface area contributed by atoms with Crippen LogP contribution in [0.1, 0.15) is 30.0 Å². The molecule has 2 saturated heterocycles. The molecule has 0 aliphatic carbocycles. The number of amides is 3. The average Bonchev–Trinajstić information content (AvgIpc) is 3.58. The molecule has 0 saturated carbocycles.